The number of benzene rings is 1. The number of nitrogen functional groups attached to an aromatic ring is 1. The third-order valence-electron chi connectivity index (χ3n) is 6.08. The molecule has 0 radical (unpaired) electrons. The van der Waals surface area contributed by atoms with Crippen LogP contribution in [0.5, 0.6) is 5.75 Å². The number of aromatic nitrogens is 3. The molecule has 3 heterocycles. The Balaban J connectivity index is 1.70. The highest BCUT2D eigenvalue weighted by molar-refractivity contribution is 5.98. The minimum atomic E-state index is -4.75. The Hall–Kier alpha value is -3.94. The van der Waals surface area contributed by atoms with Gasteiger partial charge in [0.05, 0.1) is 36.0 Å². The molecule has 38 heavy (non-hydrogen) atoms. The highest BCUT2D eigenvalue weighted by atomic mass is 19.4. The number of nitrogens with two attached hydrogens (primary N) is 1. The summed E-state index contributed by atoms with van der Waals surface area (Å²) in [6.45, 7) is 3.93. The molecule has 2 aromatic heterocycles. The average Bonchev–Trinajstić information content (AvgIpc) is 3.40. The molecule has 2 amide bonds. The first-order valence-corrected chi connectivity index (χ1v) is 11.7. The van der Waals surface area contributed by atoms with E-state index in [9.17, 15) is 32.3 Å². The first-order chi connectivity index (χ1) is 17.7. The van der Waals surface area contributed by atoms with Crippen LogP contribution in [0.15, 0.2) is 30.6 Å². The van der Waals surface area contributed by atoms with Gasteiger partial charge in [-0.05, 0) is 45.0 Å². The number of carbonyl (C=O) groups excluding carboxylic acids is 2. The summed E-state index contributed by atoms with van der Waals surface area (Å²) in [5.74, 6) is -1.69. The van der Waals surface area contributed by atoms with Crippen molar-refractivity contribution in [3.05, 3.63) is 41.7 Å². The largest absolute Gasteiger partial charge is 0.493 e. The zero-order valence-electron chi connectivity index (χ0n) is 20.7. The second-order valence-electron chi connectivity index (χ2n) is 9.36. The third-order valence-corrected chi connectivity index (χ3v) is 6.08. The number of alkyl halides is 4. The lowest BCUT2D eigenvalue weighted by Gasteiger charge is -2.24. The molecular formula is C24H26F4N6O4. The van der Waals surface area contributed by atoms with Gasteiger partial charge >= 0.3 is 6.18 Å². The fourth-order valence-electron chi connectivity index (χ4n) is 4.34. The molecule has 1 saturated heterocycles. The molecule has 204 valence electrons. The lowest BCUT2D eigenvalue weighted by atomic mass is 10.1. The Morgan fingerprint density at radius 2 is 1.95 bits per heavy atom. The summed E-state index contributed by atoms with van der Waals surface area (Å²) in [5, 5.41) is 16.4. The van der Waals surface area contributed by atoms with Crippen molar-refractivity contribution in [3.63, 3.8) is 0 Å². The number of anilines is 1. The fourth-order valence-corrected chi connectivity index (χ4v) is 4.34. The molecule has 0 aliphatic carbocycles. The highest BCUT2D eigenvalue weighted by Gasteiger charge is 2.41. The molecule has 0 spiro atoms. The number of hydrogen-bond acceptors (Lipinski definition) is 7. The van der Waals surface area contributed by atoms with Crippen LogP contribution in [0.25, 0.3) is 16.8 Å². The zero-order chi connectivity index (χ0) is 28.0. The van der Waals surface area contributed by atoms with Crippen LogP contribution < -0.4 is 15.8 Å². The summed E-state index contributed by atoms with van der Waals surface area (Å²) in [6, 6.07) is 3.95. The van der Waals surface area contributed by atoms with Crippen molar-refractivity contribution in [2.45, 2.75) is 44.8 Å². The van der Waals surface area contributed by atoms with E-state index in [1.165, 1.54) is 32.0 Å². The number of aliphatic hydroxyl groups is 1. The van der Waals surface area contributed by atoms with Crippen LogP contribution in [-0.4, -0.2) is 73.9 Å². The van der Waals surface area contributed by atoms with E-state index < -0.39 is 46.9 Å². The molecule has 1 aromatic carbocycles. The predicted molar refractivity (Wildman–Crippen MR) is 128 cm³/mol. The maximum atomic E-state index is 14.7. The number of amides is 2. The van der Waals surface area contributed by atoms with Crippen LogP contribution in [0.1, 0.15) is 36.7 Å². The van der Waals surface area contributed by atoms with Crippen LogP contribution in [0.3, 0.4) is 0 Å². The summed E-state index contributed by atoms with van der Waals surface area (Å²) in [6.07, 6.45) is -5.34. The van der Waals surface area contributed by atoms with Gasteiger partial charge in [-0.25, -0.2) is 13.9 Å². The number of carbonyl (C=O) groups is 2. The maximum absolute atomic E-state index is 14.7. The lowest BCUT2D eigenvalue weighted by molar-refractivity contribution is -0.146. The topological polar surface area (TPSA) is 135 Å². The first kappa shape index (κ1) is 27.1. The fraction of sp³-hybridized carbons (Fsp3) is 0.417. The van der Waals surface area contributed by atoms with Crippen LogP contribution in [0.2, 0.25) is 0 Å². The minimum absolute atomic E-state index is 0.00953. The first-order valence-electron chi connectivity index (χ1n) is 11.7. The second-order valence-corrected chi connectivity index (χ2v) is 9.36. The van der Waals surface area contributed by atoms with E-state index in [0.29, 0.717) is 0 Å². The number of likely N-dealkylation sites (tertiary alicyclic amines) is 1. The quantitative estimate of drug-likeness (QED) is 0.411. The van der Waals surface area contributed by atoms with E-state index in [4.69, 9.17) is 10.5 Å². The average molecular weight is 539 g/mol. The molecule has 10 nitrogen and oxygen atoms in total. The van der Waals surface area contributed by atoms with Gasteiger partial charge in [-0.15, -0.1) is 0 Å². The van der Waals surface area contributed by atoms with Crippen molar-refractivity contribution >= 4 is 23.1 Å². The predicted octanol–water partition coefficient (Wildman–Crippen LogP) is 2.45. The molecule has 2 atom stereocenters. The van der Waals surface area contributed by atoms with Crippen molar-refractivity contribution in [3.8, 4) is 17.0 Å². The molecular weight excluding hydrogens is 512 g/mol. The van der Waals surface area contributed by atoms with Crippen molar-refractivity contribution in [2.75, 3.05) is 25.4 Å². The molecule has 4 N–H and O–H groups in total. The molecule has 0 unspecified atom stereocenters. The van der Waals surface area contributed by atoms with E-state index >= 15 is 0 Å². The molecule has 3 aromatic rings. The molecule has 1 aliphatic heterocycles. The van der Waals surface area contributed by atoms with Crippen LogP contribution in [0.4, 0.5) is 23.4 Å². The maximum Gasteiger partial charge on any atom is 0.418 e. The Morgan fingerprint density at radius 3 is 2.58 bits per heavy atom. The van der Waals surface area contributed by atoms with E-state index in [1.54, 1.807) is 6.92 Å². The van der Waals surface area contributed by atoms with E-state index in [1.807, 2.05) is 0 Å². The van der Waals surface area contributed by atoms with Gasteiger partial charge in [-0.3, -0.25) is 9.59 Å². The number of halogens is 4. The van der Waals surface area contributed by atoms with Gasteiger partial charge in [0, 0.05) is 12.1 Å². The number of nitrogens with zero attached hydrogens (tertiary/aromatic N) is 4. The molecule has 1 fully saturated rings. The molecule has 1 aliphatic rings. The van der Waals surface area contributed by atoms with Gasteiger partial charge in [0.1, 0.15) is 29.4 Å². The smallest absolute Gasteiger partial charge is 0.418 e. The molecule has 14 heteroatoms. The van der Waals surface area contributed by atoms with Gasteiger partial charge in [-0.2, -0.15) is 18.3 Å². The number of rotatable bonds is 6. The molecule has 0 bridgehead atoms. The van der Waals surface area contributed by atoms with Gasteiger partial charge < -0.3 is 25.8 Å². The van der Waals surface area contributed by atoms with Crippen molar-refractivity contribution in [1.82, 2.24) is 24.8 Å². The number of hydrogen-bond donors (Lipinski definition) is 3. The van der Waals surface area contributed by atoms with E-state index in [0.717, 1.165) is 21.8 Å². The van der Waals surface area contributed by atoms with E-state index in [2.05, 4.69) is 15.4 Å². The van der Waals surface area contributed by atoms with Crippen molar-refractivity contribution in [1.29, 1.82) is 0 Å². The van der Waals surface area contributed by atoms with Gasteiger partial charge in [0.2, 0.25) is 0 Å². The summed E-state index contributed by atoms with van der Waals surface area (Å²) >= 11 is 0. The van der Waals surface area contributed by atoms with Crippen molar-refractivity contribution < 1.29 is 37.0 Å². The summed E-state index contributed by atoms with van der Waals surface area (Å²) in [5.41, 5.74) is 2.64. The third kappa shape index (κ3) is 5.08. The summed E-state index contributed by atoms with van der Waals surface area (Å²) in [7, 11) is 0. The van der Waals surface area contributed by atoms with Gasteiger partial charge in [0.25, 0.3) is 11.8 Å². The summed E-state index contributed by atoms with van der Waals surface area (Å²) < 4.78 is 62.4. The monoisotopic (exact) mass is 538 g/mol. The number of nitrogens with one attached hydrogen (secondary N) is 1. The van der Waals surface area contributed by atoms with E-state index in [-0.39, 0.29) is 48.1 Å². The highest BCUT2D eigenvalue weighted by Crippen LogP contribution is 2.39. The van der Waals surface area contributed by atoms with Crippen LogP contribution in [0, 0.1) is 0 Å². The molecule has 4 rings (SSSR count). The Bertz CT molecular complexity index is 1380. The Kier molecular flexibility index (Phi) is 6.95. The second kappa shape index (κ2) is 9.74. The zero-order valence-corrected chi connectivity index (χ0v) is 20.7. The van der Waals surface area contributed by atoms with Crippen LogP contribution in [-0.2, 0) is 11.0 Å². The van der Waals surface area contributed by atoms with Crippen LogP contribution >= 0.6 is 0 Å². The number of fused-ring (bicyclic) bond motifs is 1. The molecule has 0 saturated carbocycles. The summed E-state index contributed by atoms with van der Waals surface area (Å²) in [4.78, 5) is 30.3. The van der Waals surface area contributed by atoms with Gasteiger partial charge in [-0.1, -0.05) is 0 Å². The Labute approximate surface area is 214 Å². The van der Waals surface area contributed by atoms with Gasteiger partial charge in [0.15, 0.2) is 5.82 Å². The normalized spacial score (nSPS) is 18.2. The van der Waals surface area contributed by atoms with Crippen molar-refractivity contribution in [2.24, 2.45) is 0 Å². The Morgan fingerprint density at radius 1 is 1.24 bits per heavy atom. The number of ether oxygens (including phenoxy) is 1. The standard InChI is InChI=1S/C24H26F4N6O4/c1-4-38-18-6-5-12(17-8-14(24(26,27)28)19-20(29)30-11-31-34(17)19)7-13(18)21(35)32-16-10-33(9-15(16)25)22(36)23(2,3)37/h5-8,11,15-16,37H,4,9-10H2,1-3H3,(H,32,35)(H2,29,30,31)/t15-,16+/m0/s1. The SMILES string of the molecule is CCOc1ccc(-c2cc(C(F)(F)F)c3c(N)ncnn23)cc1C(=O)N[C@@H]1CN(C(=O)C(C)(C)O)C[C@@H]1F. The minimum Gasteiger partial charge on any atom is -0.493 e. The lowest BCUT2D eigenvalue weighted by Crippen LogP contribution is -2.46.